The Morgan fingerprint density at radius 1 is 0.938 bits per heavy atom. The van der Waals surface area contributed by atoms with Gasteiger partial charge in [0.1, 0.15) is 11.5 Å². The molecule has 3 aromatic heterocycles. The molecule has 0 saturated heterocycles. The number of aromatic nitrogens is 4. The van der Waals surface area contributed by atoms with Gasteiger partial charge in [0.2, 0.25) is 0 Å². The molecule has 1 amide bonds. The average Bonchev–Trinajstić information content (AvgIpc) is 3.40. The number of halogens is 1. The first kappa shape index (κ1) is 19.7. The van der Waals surface area contributed by atoms with Gasteiger partial charge in [0.05, 0.1) is 18.8 Å². The third-order valence-electron chi connectivity index (χ3n) is 5.26. The van der Waals surface area contributed by atoms with Crippen LogP contribution < -0.4 is 5.32 Å². The summed E-state index contributed by atoms with van der Waals surface area (Å²) in [5, 5.41) is 8.20. The summed E-state index contributed by atoms with van der Waals surface area (Å²) >= 11 is 0. The first-order valence-electron chi connectivity index (χ1n) is 10.2. The average molecular weight is 425 g/mol. The number of pyridine rings is 1. The summed E-state index contributed by atoms with van der Waals surface area (Å²) in [4.78, 5) is 17.5. The summed E-state index contributed by atoms with van der Waals surface area (Å²) in [5.41, 5.74) is 2.69. The van der Waals surface area contributed by atoms with Crippen molar-refractivity contribution in [1.82, 2.24) is 19.3 Å². The minimum Gasteiger partial charge on any atom is -0.332 e. The molecule has 3 heterocycles. The van der Waals surface area contributed by atoms with Crippen LogP contribution in [0.15, 0.2) is 91.3 Å². The maximum atomic E-state index is 14.3. The first-order valence-corrected chi connectivity index (χ1v) is 10.2. The molecule has 0 aliphatic heterocycles. The van der Waals surface area contributed by atoms with Gasteiger partial charge in [-0.15, -0.1) is 0 Å². The highest BCUT2D eigenvalue weighted by Gasteiger charge is 2.18. The number of carbonyl (C=O) groups excluding carboxylic acids is 1. The maximum Gasteiger partial charge on any atom is 0.273 e. The van der Waals surface area contributed by atoms with Gasteiger partial charge >= 0.3 is 0 Å². The van der Waals surface area contributed by atoms with Crippen molar-refractivity contribution in [3.8, 4) is 0 Å². The molecule has 0 spiro atoms. The SMILES string of the molecule is O=C(Nc1ccn(Cc2ccccn2)n1)c1cc2ccccc2n1Cc1ccccc1F. The number of nitrogens with zero attached hydrogens (tertiary/aromatic N) is 4. The van der Waals surface area contributed by atoms with Crippen LogP contribution in [0.4, 0.5) is 10.2 Å². The maximum absolute atomic E-state index is 14.3. The Morgan fingerprint density at radius 3 is 2.59 bits per heavy atom. The predicted octanol–water partition coefficient (Wildman–Crippen LogP) is 4.72. The zero-order valence-electron chi connectivity index (χ0n) is 17.1. The minimum absolute atomic E-state index is 0.247. The van der Waals surface area contributed by atoms with Crippen molar-refractivity contribution in [2.75, 3.05) is 5.32 Å². The molecule has 6 nitrogen and oxygen atoms in total. The number of para-hydroxylation sites is 1. The van der Waals surface area contributed by atoms with Crippen LogP contribution in [-0.4, -0.2) is 25.2 Å². The van der Waals surface area contributed by atoms with Gasteiger partial charge in [0, 0.05) is 34.9 Å². The van der Waals surface area contributed by atoms with E-state index in [4.69, 9.17) is 0 Å². The van der Waals surface area contributed by atoms with Crippen LogP contribution in [0.5, 0.6) is 0 Å². The molecule has 5 aromatic rings. The number of benzene rings is 2. The predicted molar refractivity (Wildman–Crippen MR) is 121 cm³/mol. The van der Waals surface area contributed by atoms with E-state index in [1.165, 1.54) is 6.07 Å². The van der Waals surface area contributed by atoms with Gasteiger partial charge < -0.3 is 9.88 Å². The topological polar surface area (TPSA) is 64.7 Å². The van der Waals surface area contributed by atoms with Gasteiger partial charge in [-0.1, -0.05) is 42.5 Å². The Hall–Kier alpha value is -4.26. The molecule has 0 atom stereocenters. The largest absolute Gasteiger partial charge is 0.332 e. The number of hydrogen-bond donors (Lipinski definition) is 1. The van der Waals surface area contributed by atoms with Crippen LogP contribution in [0.25, 0.3) is 10.9 Å². The fraction of sp³-hybridized carbons (Fsp3) is 0.0800. The third kappa shape index (κ3) is 4.00. The number of fused-ring (bicyclic) bond motifs is 1. The van der Waals surface area contributed by atoms with E-state index in [9.17, 15) is 9.18 Å². The number of rotatable bonds is 6. The second-order valence-corrected chi connectivity index (χ2v) is 7.44. The highest BCUT2D eigenvalue weighted by atomic mass is 19.1. The molecule has 0 aliphatic carbocycles. The van der Waals surface area contributed by atoms with Crippen molar-refractivity contribution < 1.29 is 9.18 Å². The summed E-state index contributed by atoms with van der Waals surface area (Å²) in [6.45, 7) is 0.751. The van der Waals surface area contributed by atoms with Crippen molar-refractivity contribution in [3.63, 3.8) is 0 Å². The molecule has 0 aliphatic rings. The van der Waals surface area contributed by atoms with Crippen LogP contribution in [0.1, 0.15) is 21.7 Å². The summed E-state index contributed by atoms with van der Waals surface area (Å²) in [5.74, 6) is -0.167. The van der Waals surface area contributed by atoms with Crippen LogP contribution in [0, 0.1) is 5.82 Å². The van der Waals surface area contributed by atoms with E-state index in [-0.39, 0.29) is 18.3 Å². The molecule has 1 N–H and O–H groups in total. The van der Waals surface area contributed by atoms with E-state index in [0.717, 1.165) is 16.6 Å². The summed E-state index contributed by atoms with van der Waals surface area (Å²) in [6.07, 6.45) is 3.52. The Kier molecular flexibility index (Phi) is 5.21. The van der Waals surface area contributed by atoms with E-state index in [0.29, 0.717) is 23.6 Å². The molecule has 0 bridgehead atoms. The van der Waals surface area contributed by atoms with Gasteiger partial charge in [0.25, 0.3) is 5.91 Å². The fourth-order valence-corrected chi connectivity index (χ4v) is 3.72. The van der Waals surface area contributed by atoms with Crippen LogP contribution in [0.2, 0.25) is 0 Å². The lowest BCUT2D eigenvalue weighted by Gasteiger charge is -2.11. The zero-order chi connectivity index (χ0) is 21.9. The van der Waals surface area contributed by atoms with Gasteiger partial charge in [-0.3, -0.25) is 14.5 Å². The summed E-state index contributed by atoms with van der Waals surface area (Å²) < 4.78 is 17.9. The van der Waals surface area contributed by atoms with Crippen LogP contribution in [-0.2, 0) is 13.1 Å². The van der Waals surface area contributed by atoms with Gasteiger partial charge in [-0.25, -0.2) is 4.39 Å². The van der Waals surface area contributed by atoms with Crippen molar-refractivity contribution in [3.05, 3.63) is 114 Å². The monoisotopic (exact) mass is 425 g/mol. The van der Waals surface area contributed by atoms with E-state index in [2.05, 4.69) is 15.4 Å². The number of carbonyl (C=O) groups is 1. The standard InChI is InChI=1S/C25H20FN5O/c26-21-10-3-1-8-19(21)16-31-22-11-4-2-7-18(22)15-23(31)25(32)28-24-12-14-30(29-24)17-20-9-5-6-13-27-20/h1-15H,16-17H2,(H,28,29,32). The van der Waals surface area contributed by atoms with Crippen molar-refractivity contribution in [2.45, 2.75) is 13.1 Å². The lowest BCUT2D eigenvalue weighted by Crippen LogP contribution is -2.18. The lowest BCUT2D eigenvalue weighted by atomic mass is 10.2. The molecule has 0 saturated carbocycles. The number of hydrogen-bond acceptors (Lipinski definition) is 3. The number of anilines is 1. The van der Waals surface area contributed by atoms with Crippen LogP contribution >= 0.6 is 0 Å². The fourth-order valence-electron chi connectivity index (χ4n) is 3.72. The van der Waals surface area contributed by atoms with Crippen molar-refractivity contribution in [1.29, 1.82) is 0 Å². The lowest BCUT2D eigenvalue weighted by molar-refractivity contribution is 0.101. The Morgan fingerprint density at radius 2 is 1.75 bits per heavy atom. The van der Waals surface area contributed by atoms with E-state index >= 15 is 0 Å². The second kappa shape index (κ2) is 8.47. The molecule has 0 radical (unpaired) electrons. The minimum atomic E-state index is -0.305. The second-order valence-electron chi connectivity index (χ2n) is 7.44. The Bertz CT molecular complexity index is 1390. The highest BCUT2D eigenvalue weighted by Crippen LogP contribution is 2.23. The van der Waals surface area contributed by atoms with Gasteiger partial charge in [-0.2, -0.15) is 5.10 Å². The van der Waals surface area contributed by atoms with E-state index in [1.807, 2.05) is 53.1 Å². The summed E-state index contributed by atoms with van der Waals surface area (Å²) in [6, 6.07) is 23.5. The summed E-state index contributed by atoms with van der Waals surface area (Å²) in [7, 11) is 0. The highest BCUT2D eigenvalue weighted by molar-refractivity contribution is 6.06. The quantitative estimate of drug-likeness (QED) is 0.428. The van der Waals surface area contributed by atoms with Gasteiger partial charge in [-0.05, 0) is 30.3 Å². The first-order chi connectivity index (χ1) is 15.7. The molecule has 7 heteroatoms. The molecule has 2 aromatic carbocycles. The molecule has 158 valence electrons. The normalized spacial score (nSPS) is 11.0. The number of amides is 1. The Balaban J connectivity index is 1.42. The van der Waals surface area contributed by atoms with E-state index < -0.39 is 0 Å². The third-order valence-corrected chi connectivity index (χ3v) is 5.26. The van der Waals surface area contributed by atoms with E-state index in [1.54, 1.807) is 41.3 Å². The van der Waals surface area contributed by atoms with Gasteiger partial charge in [0.15, 0.2) is 5.82 Å². The van der Waals surface area contributed by atoms with Crippen LogP contribution in [0.3, 0.4) is 0 Å². The number of nitrogens with one attached hydrogen (secondary N) is 1. The molecule has 0 unspecified atom stereocenters. The molecular weight excluding hydrogens is 405 g/mol. The molecule has 5 rings (SSSR count). The molecular formula is C25H20FN5O. The zero-order valence-corrected chi connectivity index (χ0v) is 17.1. The molecule has 32 heavy (non-hydrogen) atoms. The smallest absolute Gasteiger partial charge is 0.273 e. The van der Waals surface area contributed by atoms with Crippen molar-refractivity contribution >= 4 is 22.6 Å². The van der Waals surface area contributed by atoms with Crippen molar-refractivity contribution in [2.24, 2.45) is 0 Å². The molecule has 0 fully saturated rings. The Labute approximate surface area is 184 Å².